The van der Waals surface area contributed by atoms with Crippen LogP contribution < -0.4 is 0 Å². The third kappa shape index (κ3) is 2.74. The summed E-state index contributed by atoms with van der Waals surface area (Å²) in [6.45, 7) is 1.88. The van der Waals surface area contributed by atoms with Gasteiger partial charge in [-0.25, -0.2) is 4.98 Å². The van der Waals surface area contributed by atoms with Crippen molar-refractivity contribution in [1.82, 2.24) is 9.97 Å². The summed E-state index contributed by atoms with van der Waals surface area (Å²) in [6, 6.07) is 7.75. The summed E-state index contributed by atoms with van der Waals surface area (Å²) in [5.74, 6) is -0.408. The predicted octanol–water partition coefficient (Wildman–Crippen LogP) is 2.77. The number of carboxylic acids is 1. The Balaban J connectivity index is 2.35. The lowest BCUT2D eigenvalue weighted by Gasteiger charge is -1.98. The number of aromatic nitrogens is 2. The number of benzene rings is 1. The standard InChI is InChI=1S/C12H11BrN2O2/c1-7-12(8-2-4-9(13)5-3-8)15-10(14-7)6-11(16)17/h2-5H,6H2,1H3,(H,14,15)(H,16,17). The molecule has 0 aliphatic carbocycles. The average Bonchev–Trinajstić information content (AvgIpc) is 2.59. The molecule has 0 radical (unpaired) electrons. The molecule has 0 spiro atoms. The van der Waals surface area contributed by atoms with Crippen molar-refractivity contribution in [2.24, 2.45) is 0 Å². The van der Waals surface area contributed by atoms with E-state index in [-0.39, 0.29) is 6.42 Å². The molecule has 2 aromatic rings. The van der Waals surface area contributed by atoms with Gasteiger partial charge >= 0.3 is 5.97 Å². The van der Waals surface area contributed by atoms with Crippen molar-refractivity contribution in [2.75, 3.05) is 0 Å². The Bertz CT molecular complexity index is 546. The van der Waals surface area contributed by atoms with E-state index in [1.165, 1.54) is 0 Å². The number of aryl methyl sites for hydroxylation is 1. The summed E-state index contributed by atoms with van der Waals surface area (Å²) in [7, 11) is 0. The third-order valence-corrected chi connectivity index (χ3v) is 2.90. The zero-order valence-corrected chi connectivity index (χ0v) is 10.8. The first-order valence-corrected chi connectivity index (χ1v) is 5.89. The first-order valence-electron chi connectivity index (χ1n) is 5.09. The summed E-state index contributed by atoms with van der Waals surface area (Å²) in [5.41, 5.74) is 2.65. The van der Waals surface area contributed by atoms with E-state index in [2.05, 4.69) is 25.9 Å². The minimum atomic E-state index is -0.888. The lowest BCUT2D eigenvalue weighted by molar-refractivity contribution is -0.136. The zero-order valence-electron chi connectivity index (χ0n) is 9.20. The molecule has 1 aromatic carbocycles. The minimum Gasteiger partial charge on any atom is -0.481 e. The molecule has 88 valence electrons. The molecule has 0 fully saturated rings. The zero-order chi connectivity index (χ0) is 12.4. The number of carboxylic acid groups (broad SMARTS) is 1. The van der Waals surface area contributed by atoms with Gasteiger partial charge in [0.15, 0.2) is 0 Å². The number of nitrogens with zero attached hydrogens (tertiary/aromatic N) is 1. The quantitative estimate of drug-likeness (QED) is 0.915. The van der Waals surface area contributed by atoms with Crippen LogP contribution in [0.25, 0.3) is 11.3 Å². The second-order valence-electron chi connectivity index (χ2n) is 3.73. The summed E-state index contributed by atoms with van der Waals surface area (Å²) in [6.07, 6.45) is -0.0859. The number of hydrogen-bond donors (Lipinski definition) is 2. The van der Waals surface area contributed by atoms with Crippen molar-refractivity contribution >= 4 is 21.9 Å². The van der Waals surface area contributed by atoms with Crippen LogP contribution in [-0.2, 0) is 11.2 Å². The first kappa shape index (κ1) is 11.9. The molecule has 0 aliphatic heterocycles. The number of rotatable bonds is 3. The minimum absolute atomic E-state index is 0.0859. The molecule has 0 saturated heterocycles. The van der Waals surface area contributed by atoms with Crippen molar-refractivity contribution in [1.29, 1.82) is 0 Å². The topological polar surface area (TPSA) is 66.0 Å². The van der Waals surface area contributed by atoms with Crippen LogP contribution in [0.3, 0.4) is 0 Å². The second kappa shape index (κ2) is 4.71. The number of nitrogens with one attached hydrogen (secondary N) is 1. The highest BCUT2D eigenvalue weighted by molar-refractivity contribution is 9.10. The van der Waals surface area contributed by atoms with E-state index in [4.69, 9.17) is 5.11 Å². The molecule has 0 aliphatic rings. The third-order valence-electron chi connectivity index (χ3n) is 2.37. The van der Waals surface area contributed by atoms with Gasteiger partial charge in [0.05, 0.1) is 5.69 Å². The number of imidazole rings is 1. The van der Waals surface area contributed by atoms with E-state index < -0.39 is 5.97 Å². The van der Waals surface area contributed by atoms with Gasteiger partial charge in [0.2, 0.25) is 0 Å². The van der Waals surface area contributed by atoms with Crippen LogP contribution in [-0.4, -0.2) is 21.0 Å². The van der Waals surface area contributed by atoms with Gasteiger partial charge in [-0.15, -0.1) is 0 Å². The summed E-state index contributed by atoms with van der Waals surface area (Å²) in [4.78, 5) is 17.9. The fraction of sp³-hybridized carbons (Fsp3) is 0.167. The largest absolute Gasteiger partial charge is 0.481 e. The van der Waals surface area contributed by atoms with Crippen LogP contribution in [0.1, 0.15) is 11.5 Å². The normalized spacial score (nSPS) is 10.5. The molecule has 0 saturated carbocycles. The Morgan fingerprint density at radius 3 is 2.65 bits per heavy atom. The predicted molar refractivity (Wildman–Crippen MR) is 67.8 cm³/mol. The van der Waals surface area contributed by atoms with Gasteiger partial charge in [0.25, 0.3) is 0 Å². The number of hydrogen-bond acceptors (Lipinski definition) is 2. The lowest BCUT2D eigenvalue weighted by atomic mass is 10.1. The van der Waals surface area contributed by atoms with Gasteiger partial charge in [-0.05, 0) is 19.1 Å². The van der Waals surface area contributed by atoms with Crippen LogP contribution >= 0.6 is 15.9 Å². The molecule has 5 heteroatoms. The van der Waals surface area contributed by atoms with Gasteiger partial charge in [-0.1, -0.05) is 28.1 Å². The van der Waals surface area contributed by atoms with Crippen molar-refractivity contribution in [3.05, 3.63) is 40.3 Å². The Kier molecular flexibility index (Phi) is 3.28. The number of aliphatic carboxylic acids is 1. The fourth-order valence-electron chi connectivity index (χ4n) is 1.64. The highest BCUT2D eigenvalue weighted by Gasteiger charge is 2.10. The van der Waals surface area contributed by atoms with Crippen LogP contribution in [0.4, 0.5) is 0 Å². The molecule has 0 unspecified atom stereocenters. The average molecular weight is 295 g/mol. The number of aromatic amines is 1. The van der Waals surface area contributed by atoms with Gasteiger partial charge in [-0.2, -0.15) is 0 Å². The first-order chi connectivity index (χ1) is 8.06. The fourth-order valence-corrected chi connectivity index (χ4v) is 1.90. The molecule has 2 rings (SSSR count). The lowest BCUT2D eigenvalue weighted by Crippen LogP contribution is -2.01. The van der Waals surface area contributed by atoms with E-state index in [1.807, 2.05) is 31.2 Å². The summed E-state index contributed by atoms with van der Waals surface area (Å²) < 4.78 is 1.00. The van der Waals surface area contributed by atoms with E-state index in [0.717, 1.165) is 21.4 Å². The van der Waals surface area contributed by atoms with Gasteiger partial charge in [0, 0.05) is 15.7 Å². The monoisotopic (exact) mass is 294 g/mol. The summed E-state index contributed by atoms with van der Waals surface area (Å²) in [5, 5.41) is 8.71. The van der Waals surface area contributed by atoms with Crippen LogP contribution in [0.15, 0.2) is 28.7 Å². The Labute approximate surface area is 107 Å². The molecule has 4 nitrogen and oxygen atoms in total. The van der Waals surface area contributed by atoms with E-state index in [9.17, 15) is 4.79 Å². The number of H-pyrrole nitrogens is 1. The molecular weight excluding hydrogens is 284 g/mol. The van der Waals surface area contributed by atoms with Crippen molar-refractivity contribution in [3.8, 4) is 11.3 Å². The van der Waals surface area contributed by atoms with E-state index >= 15 is 0 Å². The van der Waals surface area contributed by atoms with Crippen molar-refractivity contribution in [2.45, 2.75) is 13.3 Å². The van der Waals surface area contributed by atoms with Crippen molar-refractivity contribution < 1.29 is 9.90 Å². The smallest absolute Gasteiger partial charge is 0.311 e. The maximum Gasteiger partial charge on any atom is 0.311 e. The molecule has 0 bridgehead atoms. The second-order valence-corrected chi connectivity index (χ2v) is 4.65. The van der Waals surface area contributed by atoms with Gasteiger partial charge in [0.1, 0.15) is 12.2 Å². The van der Waals surface area contributed by atoms with Gasteiger partial charge < -0.3 is 10.1 Å². The van der Waals surface area contributed by atoms with Crippen LogP contribution in [0, 0.1) is 6.92 Å². The Hall–Kier alpha value is -1.62. The van der Waals surface area contributed by atoms with E-state index in [1.54, 1.807) is 0 Å². The number of halogens is 1. The van der Waals surface area contributed by atoms with Crippen LogP contribution in [0.2, 0.25) is 0 Å². The molecule has 2 N–H and O–H groups in total. The molecule has 1 aromatic heterocycles. The number of carbonyl (C=O) groups is 1. The summed E-state index contributed by atoms with van der Waals surface area (Å²) >= 11 is 3.37. The Morgan fingerprint density at radius 1 is 1.41 bits per heavy atom. The highest BCUT2D eigenvalue weighted by atomic mass is 79.9. The van der Waals surface area contributed by atoms with Crippen LogP contribution in [0.5, 0.6) is 0 Å². The Morgan fingerprint density at radius 2 is 2.06 bits per heavy atom. The van der Waals surface area contributed by atoms with E-state index in [0.29, 0.717) is 5.82 Å². The SMILES string of the molecule is Cc1[nH]c(CC(=O)O)nc1-c1ccc(Br)cc1. The maximum atomic E-state index is 10.6. The van der Waals surface area contributed by atoms with Gasteiger partial charge in [-0.3, -0.25) is 4.79 Å². The molecule has 0 atom stereocenters. The molecule has 1 heterocycles. The molecule has 17 heavy (non-hydrogen) atoms. The molecular formula is C12H11BrN2O2. The molecule has 0 amide bonds. The highest BCUT2D eigenvalue weighted by Crippen LogP contribution is 2.23. The van der Waals surface area contributed by atoms with Crippen molar-refractivity contribution in [3.63, 3.8) is 0 Å². The maximum absolute atomic E-state index is 10.6.